The predicted octanol–water partition coefficient (Wildman–Crippen LogP) is 6.51. The fraction of sp³-hybridized carbons (Fsp3) is 0.654. The Balaban J connectivity index is 2.12. The maximum Gasteiger partial charge on any atom is 0.259 e. The second kappa shape index (κ2) is 19.6. The van der Waals surface area contributed by atoms with Crippen LogP contribution in [-0.4, -0.2) is 31.2 Å². The summed E-state index contributed by atoms with van der Waals surface area (Å²) in [5, 5.41) is 6.64. The highest BCUT2D eigenvalue weighted by atomic mass is 79.9. The van der Waals surface area contributed by atoms with Crippen molar-refractivity contribution in [2.24, 2.45) is 5.10 Å². The Morgan fingerprint density at radius 1 is 0.909 bits per heavy atom. The third-order valence-electron chi connectivity index (χ3n) is 5.28. The molecule has 0 aliphatic rings. The van der Waals surface area contributed by atoms with Gasteiger partial charge in [0, 0.05) is 16.5 Å². The molecule has 2 N–H and O–H groups in total. The van der Waals surface area contributed by atoms with Gasteiger partial charge in [-0.1, -0.05) is 94.0 Å². The van der Waals surface area contributed by atoms with Gasteiger partial charge in [0.15, 0.2) is 0 Å². The van der Waals surface area contributed by atoms with E-state index < -0.39 is 0 Å². The number of unbranched alkanes of at least 4 members (excludes halogenated alkanes) is 10. The van der Waals surface area contributed by atoms with Gasteiger partial charge in [-0.25, -0.2) is 5.43 Å². The van der Waals surface area contributed by atoms with Gasteiger partial charge in [-0.2, -0.15) is 5.10 Å². The minimum atomic E-state index is -0.357. The lowest BCUT2D eigenvalue weighted by atomic mass is 10.1. The summed E-state index contributed by atoms with van der Waals surface area (Å²) < 4.78 is 6.58. The molecule has 7 heteroatoms. The predicted molar refractivity (Wildman–Crippen MR) is 140 cm³/mol. The first kappa shape index (κ1) is 29.1. The molecule has 0 heterocycles. The molecule has 1 aromatic carbocycles. The van der Waals surface area contributed by atoms with Crippen molar-refractivity contribution in [1.82, 2.24) is 10.7 Å². The smallest absolute Gasteiger partial charge is 0.259 e. The second-order valence-corrected chi connectivity index (χ2v) is 9.30. The van der Waals surface area contributed by atoms with Crippen molar-refractivity contribution in [3.63, 3.8) is 0 Å². The SMILES string of the molecule is CCCCCCCCCCCCCC(=O)NCC(=O)N/N=C\c1cc(Br)ccc1OCCC. The van der Waals surface area contributed by atoms with Gasteiger partial charge in [-0.15, -0.1) is 0 Å². The molecule has 0 fully saturated rings. The van der Waals surface area contributed by atoms with Crippen molar-refractivity contribution in [1.29, 1.82) is 0 Å². The van der Waals surface area contributed by atoms with E-state index in [-0.39, 0.29) is 18.4 Å². The Morgan fingerprint density at radius 3 is 2.18 bits per heavy atom. The lowest BCUT2D eigenvalue weighted by Crippen LogP contribution is -2.34. The summed E-state index contributed by atoms with van der Waals surface area (Å²) in [6.07, 6.45) is 16.6. The fourth-order valence-corrected chi connectivity index (χ4v) is 3.77. The zero-order valence-corrected chi connectivity index (χ0v) is 22.1. The molecule has 0 bridgehead atoms. The largest absolute Gasteiger partial charge is 0.493 e. The van der Waals surface area contributed by atoms with E-state index in [1.807, 2.05) is 25.1 Å². The van der Waals surface area contributed by atoms with E-state index in [9.17, 15) is 9.59 Å². The van der Waals surface area contributed by atoms with Crippen molar-refractivity contribution in [2.75, 3.05) is 13.2 Å². The van der Waals surface area contributed by atoms with E-state index in [1.165, 1.54) is 57.8 Å². The van der Waals surface area contributed by atoms with Crippen molar-refractivity contribution in [3.8, 4) is 5.75 Å². The topological polar surface area (TPSA) is 79.8 Å². The first-order valence-electron chi connectivity index (χ1n) is 12.6. The van der Waals surface area contributed by atoms with Crippen LogP contribution in [0.1, 0.15) is 103 Å². The Bertz CT molecular complexity index is 710. The molecule has 2 amide bonds. The summed E-state index contributed by atoms with van der Waals surface area (Å²) in [4.78, 5) is 23.9. The van der Waals surface area contributed by atoms with Gasteiger partial charge in [0.25, 0.3) is 5.91 Å². The highest BCUT2D eigenvalue weighted by Gasteiger charge is 2.06. The molecule has 0 saturated carbocycles. The molecule has 0 aliphatic carbocycles. The Kier molecular flexibility index (Phi) is 17.3. The van der Waals surface area contributed by atoms with Crippen molar-refractivity contribution in [2.45, 2.75) is 97.3 Å². The van der Waals surface area contributed by atoms with Crippen molar-refractivity contribution >= 4 is 34.0 Å². The molecular weight excluding hydrogens is 482 g/mol. The summed E-state index contributed by atoms with van der Waals surface area (Å²) in [6, 6.07) is 5.62. The molecule has 186 valence electrons. The van der Waals surface area contributed by atoms with Gasteiger partial charge in [0.1, 0.15) is 5.75 Å². The number of carbonyl (C=O) groups is 2. The third-order valence-corrected chi connectivity index (χ3v) is 5.77. The summed E-state index contributed by atoms with van der Waals surface area (Å²) in [7, 11) is 0. The van der Waals surface area contributed by atoms with Crippen molar-refractivity contribution < 1.29 is 14.3 Å². The third kappa shape index (κ3) is 15.6. The van der Waals surface area contributed by atoms with Gasteiger partial charge in [0.05, 0.1) is 19.4 Å². The van der Waals surface area contributed by atoms with Gasteiger partial charge >= 0.3 is 0 Å². The number of halogens is 1. The zero-order chi connectivity index (χ0) is 24.2. The number of hydrogen-bond donors (Lipinski definition) is 2. The van der Waals surface area contributed by atoms with E-state index in [4.69, 9.17) is 4.74 Å². The average Bonchev–Trinajstić information content (AvgIpc) is 2.80. The van der Waals surface area contributed by atoms with Crippen molar-refractivity contribution in [3.05, 3.63) is 28.2 Å². The number of carbonyl (C=O) groups excluding carboxylic acids is 2. The van der Waals surface area contributed by atoms with Crippen LogP contribution in [0.3, 0.4) is 0 Å². The number of hydrazone groups is 1. The molecule has 0 aliphatic heterocycles. The van der Waals surface area contributed by atoms with Crippen LogP contribution in [0.2, 0.25) is 0 Å². The number of hydrogen-bond acceptors (Lipinski definition) is 4. The maximum absolute atomic E-state index is 11.9. The number of nitrogens with zero attached hydrogens (tertiary/aromatic N) is 1. The second-order valence-electron chi connectivity index (χ2n) is 8.39. The van der Waals surface area contributed by atoms with E-state index in [0.717, 1.165) is 29.3 Å². The minimum absolute atomic E-state index is 0.0775. The first-order valence-corrected chi connectivity index (χ1v) is 13.4. The Hall–Kier alpha value is -1.89. The highest BCUT2D eigenvalue weighted by molar-refractivity contribution is 9.10. The van der Waals surface area contributed by atoms with Gasteiger partial charge in [-0.3, -0.25) is 9.59 Å². The summed E-state index contributed by atoms with van der Waals surface area (Å²) in [6.45, 7) is 4.82. The Morgan fingerprint density at radius 2 is 1.55 bits per heavy atom. The molecule has 1 aromatic rings. The lowest BCUT2D eigenvalue weighted by molar-refractivity contribution is -0.126. The number of rotatable bonds is 19. The quantitative estimate of drug-likeness (QED) is 0.123. The number of nitrogens with one attached hydrogen (secondary N) is 2. The molecule has 0 radical (unpaired) electrons. The van der Waals surface area contributed by atoms with E-state index >= 15 is 0 Å². The van der Waals surface area contributed by atoms with E-state index in [0.29, 0.717) is 18.8 Å². The molecule has 6 nitrogen and oxygen atoms in total. The summed E-state index contributed by atoms with van der Waals surface area (Å²) in [5.41, 5.74) is 3.21. The molecular formula is C26H42BrN3O3. The lowest BCUT2D eigenvalue weighted by Gasteiger charge is -2.08. The molecule has 0 saturated heterocycles. The molecule has 0 unspecified atom stereocenters. The van der Waals surface area contributed by atoms with Crippen LogP contribution < -0.4 is 15.5 Å². The molecule has 0 aromatic heterocycles. The molecule has 33 heavy (non-hydrogen) atoms. The first-order chi connectivity index (χ1) is 16.1. The van der Waals surface area contributed by atoms with Crippen LogP contribution in [0.15, 0.2) is 27.8 Å². The highest BCUT2D eigenvalue weighted by Crippen LogP contribution is 2.22. The van der Waals surface area contributed by atoms with Gasteiger partial charge in [0.2, 0.25) is 5.91 Å². The monoisotopic (exact) mass is 523 g/mol. The zero-order valence-electron chi connectivity index (χ0n) is 20.5. The van der Waals surface area contributed by atoms with E-state index in [2.05, 4.69) is 38.7 Å². The fourth-order valence-electron chi connectivity index (χ4n) is 3.39. The molecule has 1 rings (SSSR count). The van der Waals surface area contributed by atoms with Crippen LogP contribution in [0.25, 0.3) is 0 Å². The number of amides is 2. The molecule has 0 spiro atoms. The number of benzene rings is 1. The maximum atomic E-state index is 11.9. The Labute approximate surface area is 208 Å². The molecule has 0 atom stereocenters. The standard InChI is InChI=1S/C26H42BrN3O3/c1-3-5-6-7-8-9-10-11-12-13-14-15-25(31)28-21-26(32)30-29-20-22-19-23(27)16-17-24(22)33-18-4-2/h16-17,19-20H,3-15,18,21H2,1-2H3,(H,28,31)(H,30,32)/b29-20-. The van der Waals surface area contributed by atoms with Crippen LogP contribution >= 0.6 is 15.9 Å². The van der Waals surface area contributed by atoms with E-state index in [1.54, 1.807) is 6.21 Å². The van der Waals surface area contributed by atoms with Gasteiger partial charge in [-0.05, 0) is 31.0 Å². The summed E-state index contributed by atoms with van der Waals surface area (Å²) >= 11 is 3.43. The minimum Gasteiger partial charge on any atom is -0.493 e. The normalized spacial score (nSPS) is 11.0. The van der Waals surface area contributed by atoms with Crippen LogP contribution in [-0.2, 0) is 9.59 Å². The summed E-state index contributed by atoms with van der Waals surface area (Å²) in [5.74, 6) is 0.259. The van der Waals surface area contributed by atoms with Gasteiger partial charge < -0.3 is 10.1 Å². The number of ether oxygens (including phenoxy) is 1. The van der Waals surface area contributed by atoms with Crippen LogP contribution in [0.5, 0.6) is 5.75 Å². The average molecular weight is 525 g/mol. The van der Waals surface area contributed by atoms with Crippen LogP contribution in [0.4, 0.5) is 0 Å². The van der Waals surface area contributed by atoms with Crippen LogP contribution in [0, 0.1) is 0 Å².